The number of hydrogen-bond donors (Lipinski definition) is 1. The Balaban J connectivity index is 2.18. The molecule has 0 aliphatic rings. The molecule has 35 heavy (non-hydrogen) atoms. The summed E-state index contributed by atoms with van der Waals surface area (Å²) < 4.78 is 20.9. The summed E-state index contributed by atoms with van der Waals surface area (Å²) in [5, 5.41) is 9.32. The Bertz CT molecular complexity index is 1420. The molecule has 0 bridgehead atoms. The summed E-state index contributed by atoms with van der Waals surface area (Å²) in [4.78, 5) is 45.3. The number of rotatable bonds is 9. The molecule has 0 aliphatic heterocycles. The number of ketones is 1. The van der Waals surface area contributed by atoms with Gasteiger partial charge in [-0.25, -0.2) is 4.79 Å². The van der Waals surface area contributed by atoms with E-state index in [0.717, 1.165) is 23.5 Å². The molecule has 0 saturated carbocycles. The van der Waals surface area contributed by atoms with Crippen LogP contribution in [0.2, 0.25) is 0 Å². The molecule has 1 N–H and O–H groups in total. The van der Waals surface area contributed by atoms with Crippen LogP contribution in [0.15, 0.2) is 39.9 Å². The molecule has 0 spiro atoms. The third kappa shape index (κ3) is 5.90. The van der Waals surface area contributed by atoms with E-state index < -0.39 is 28.9 Å². The van der Waals surface area contributed by atoms with Gasteiger partial charge in [-0.3, -0.25) is 19.1 Å². The molecular weight excluding hydrogens is 451 g/mol. The lowest BCUT2D eigenvalue weighted by Gasteiger charge is -2.18. The van der Waals surface area contributed by atoms with Crippen LogP contribution in [0.3, 0.4) is 0 Å². The van der Waals surface area contributed by atoms with Crippen molar-refractivity contribution < 1.29 is 13.9 Å². The van der Waals surface area contributed by atoms with Crippen LogP contribution >= 0.6 is 0 Å². The fourth-order valence-electron chi connectivity index (χ4n) is 3.83. The van der Waals surface area contributed by atoms with Crippen molar-refractivity contribution in [1.29, 1.82) is 5.26 Å². The summed E-state index contributed by atoms with van der Waals surface area (Å²) in [6.45, 7) is 7.37. The van der Waals surface area contributed by atoms with Crippen LogP contribution in [0.5, 0.6) is 5.88 Å². The van der Waals surface area contributed by atoms with E-state index in [1.165, 1.54) is 12.1 Å². The second kappa shape index (κ2) is 10.9. The number of halogens is 1. The summed E-state index contributed by atoms with van der Waals surface area (Å²) >= 11 is 0. The molecule has 3 aromatic rings. The van der Waals surface area contributed by atoms with E-state index in [9.17, 15) is 24.0 Å². The summed E-state index contributed by atoms with van der Waals surface area (Å²) in [5.41, 5.74) is 0.0300. The highest BCUT2D eigenvalue weighted by atomic mass is 19.1. The standard InChI is InChI=1S/C26H27FN4O4/c1-5-6-7-35-21-12-18(11-20(27)29-21)14-31-23(22(15(2)3)25(33)30-26(31)34)24(32)19-9-16(4)8-17(10-19)13-28/h8-12,15H,5-7,14H2,1-4H3,(H,30,33,34). The van der Waals surface area contributed by atoms with Crippen LogP contribution in [0, 0.1) is 24.2 Å². The zero-order chi connectivity index (χ0) is 25.7. The van der Waals surface area contributed by atoms with Crippen molar-refractivity contribution in [3.05, 3.63) is 90.6 Å². The molecule has 2 aromatic heterocycles. The molecule has 0 atom stereocenters. The van der Waals surface area contributed by atoms with E-state index in [1.807, 2.05) is 13.0 Å². The number of carbonyl (C=O) groups excluding carboxylic acids is 1. The number of nitrogens with one attached hydrogen (secondary N) is 1. The number of nitrogens with zero attached hydrogens (tertiary/aromatic N) is 3. The van der Waals surface area contributed by atoms with Gasteiger partial charge in [0.15, 0.2) is 0 Å². The first-order chi connectivity index (χ1) is 16.6. The van der Waals surface area contributed by atoms with Gasteiger partial charge in [-0.2, -0.15) is 14.6 Å². The van der Waals surface area contributed by atoms with Gasteiger partial charge in [-0.1, -0.05) is 27.2 Å². The number of carbonyl (C=O) groups is 1. The fraction of sp³-hybridized carbons (Fsp3) is 0.346. The molecule has 0 unspecified atom stereocenters. The van der Waals surface area contributed by atoms with Crippen molar-refractivity contribution in [1.82, 2.24) is 14.5 Å². The van der Waals surface area contributed by atoms with E-state index in [2.05, 4.69) is 9.97 Å². The van der Waals surface area contributed by atoms with Gasteiger partial charge in [-0.15, -0.1) is 0 Å². The molecule has 3 rings (SSSR count). The van der Waals surface area contributed by atoms with Gasteiger partial charge in [-0.05, 0) is 54.7 Å². The van der Waals surface area contributed by atoms with Crippen LogP contribution < -0.4 is 16.0 Å². The Hall–Kier alpha value is -4.06. The average Bonchev–Trinajstić information content (AvgIpc) is 2.79. The smallest absolute Gasteiger partial charge is 0.329 e. The predicted molar refractivity (Wildman–Crippen MR) is 128 cm³/mol. The third-order valence-electron chi connectivity index (χ3n) is 5.42. The minimum absolute atomic E-state index is 0.0697. The number of unbranched alkanes of at least 4 members (excludes halogenated alkanes) is 1. The minimum Gasteiger partial charge on any atom is -0.478 e. The molecule has 182 valence electrons. The monoisotopic (exact) mass is 478 g/mol. The molecule has 1 aromatic carbocycles. The molecule has 0 saturated heterocycles. The molecular formula is C26H27FN4O4. The van der Waals surface area contributed by atoms with Crippen LogP contribution in [0.25, 0.3) is 0 Å². The van der Waals surface area contributed by atoms with E-state index in [-0.39, 0.29) is 34.8 Å². The number of benzene rings is 1. The predicted octanol–water partition coefficient (Wildman–Crippen LogP) is 3.83. The first-order valence-electron chi connectivity index (χ1n) is 11.4. The topological polar surface area (TPSA) is 118 Å². The number of aromatic nitrogens is 3. The SMILES string of the molecule is CCCCOc1cc(Cn2c(C(=O)c3cc(C)cc(C#N)c3)c(C(C)C)c(=O)[nH]c2=O)cc(F)n1. The maximum Gasteiger partial charge on any atom is 0.329 e. The average molecular weight is 479 g/mol. The Morgan fingerprint density at radius 1 is 1.23 bits per heavy atom. The first-order valence-corrected chi connectivity index (χ1v) is 11.4. The van der Waals surface area contributed by atoms with Crippen molar-refractivity contribution in [2.75, 3.05) is 6.61 Å². The zero-order valence-electron chi connectivity index (χ0n) is 20.1. The van der Waals surface area contributed by atoms with Gasteiger partial charge in [0.1, 0.15) is 5.69 Å². The second-order valence-electron chi connectivity index (χ2n) is 8.63. The van der Waals surface area contributed by atoms with Crippen molar-refractivity contribution >= 4 is 5.78 Å². The second-order valence-corrected chi connectivity index (χ2v) is 8.63. The van der Waals surface area contributed by atoms with E-state index in [4.69, 9.17) is 4.74 Å². The maximum absolute atomic E-state index is 14.2. The van der Waals surface area contributed by atoms with Crippen molar-refractivity contribution in [3.8, 4) is 11.9 Å². The Kier molecular flexibility index (Phi) is 7.97. The summed E-state index contributed by atoms with van der Waals surface area (Å²) in [6, 6.07) is 9.30. The number of hydrogen-bond acceptors (Lipinski definition) is 6. The van der Waals surface area contributed by atoms with E-state index >= 15 is 0 Å². The Morgan fingerprint density at radius 2 is 1.97 bits per heavy atom. The lowest BCUT2D eigenvalue weighted by molar-refractivity contribution is 0.102. The summed E-state index contributed by atoms with van der Waals surface area (Å²) in [6.07, 6.45) is 1.66. The number of H-pyrrole nitrogens is 1. The van der Waals surface area contributed by atoms with Crippen molar-refractivity contribution in [3.63, 3.8) is 0 Å². The molecule has 0 amide bonds. The third-order valence-corrected chi connectivity index (χ3v) is 5.42. The normalized spacial score (nSPS) is 10.9. The van der Waals surface area contributed by atoms with Gasteiger partial charge < -0.3 is 4.74 Å². The molecule has 0 radical (unpaired) electrons. The van der Waals surface area contributed by atoms with Crippen LogP contribution in [-0.4, -0.2) is 26.9 Å². The van der Waals surface area contributed by atoms with Crippen LogP contribution in [-0.2, 0) is 6.54 Å². The maximum atomic E-state index is 14.2. The number of ether oxygens (including phenoxy) is 1. The number of pyridine rings is 1. The summed E-state index contributed by atoms with van der Waals surface area (Å²) in [5.74, 6) is -1.70. The van der Waals surface area contributed by atoms with Crippen molar-refractivity contribution in [2.24, 2.45) is 0 Å². The Labute approximate surface area is 202 Å². The number of aryl methyl sites for hydroxylation is 1. The molecule has 9 heteroatoms. The highest BCUT2D eigenvalue weighted by Gasteiger charge is 2.25. The highest BCUT2D eigenvalue weighted by molar-refractivity contribution is 6.09. The van der Waals surface area contributed by atoms with Gasteiger partial charge in [0.2, 0.25) is 17.6 Å². The molecule has 8 nitrogen and oxygen atoms in total. The van der Waals surface area contributed by atoms with Gasteiger partial charge >= 0.3 is 5.69 Å². The lowest BCUT2D eigenvalue weighted by atomic mass is 9.95. The Morgan fingerprint density at radius 3 is 2.63 bits per heavy atom. The molecule has 2 heterocycles. The highest BCUT2D eigenvalue weighted by Crippen LogP contribution is 2.21. The van der Waals surface area contributed by atoms with Gasteiger partial charge in [0, 0.05) is 17.2 Å². The van der Waals surface area contributed by atoms with E-state index in [1.54, 1.807) is 32.9 Å². The summed E-state index contributed by atoms with van der Waals surface area (Å²) in [7, 11) is 0. The molecule has 0 fully saturated rings. The van der Waals surface area contributed by atoms with Gasteiger partial charge in [0.05, 0.1) is 24.8 Å². The zero-order valence-corrected chi connectivity index (χ0v) is 20.1. The fourth-order valence-corrected chi connectivity index (χ4v) is 3.83. The number of nitriles is 1. The largest absolute Gasteiger partial charge is 0.478 e. The molecule has 0 aliphatic carbocycles. The lowest BCUT2D eigenvalue weighted by Crippen LogP contribution is -2.38. The first kappa shape index (κ1) is 25.6. The van der Waals surface area contributed by atoms with Crippen molar-refractivity contribution in [2.45, 2.75) is 53.0 Å². The quantitative estimate of drug-likeness (QED) is 0.284. The minimum atomic E-state index is -0.804. The van der Waals surface area contributed by atoms with Crippen LogP contribution in [0.1, 0.15) is 77.8 Å². The van der Waals surface area contributed by atoms with Gasteiger partial charge in [0.25, 0.3) is 5.56 Å². The number of aromatic amines is 1. The van der Waals surface area contributed by atoms with Crippen LogP contribution in [0.4, 0.5) is 4.39 Å². The van der Waals surface area contributed by atoms with E-state index in [0.29, 0.717) is 17.7 Å².